The molecule has 26 heavy (non-hydrogen) atoms. The first-order valence-electron chi connectivity index (χ1n) is 7.75. The van der Waals surface area contributed by atoms with Gasteiger partial charge in [-0.15, -0.1) is 0 Å². The van der Waals surface area contributed by atoms with Crippen molar-refractivity contribution in [3.05, 3.63) is 62.1 Å². The molecule has 134 valence electrons. The maximum absolute atomic E-state index is 12.2. The van der Waals surface area contributed by atoms with Gasteiger partial charge in [0.05, 0.1) is 15.6 Å². The number of halogens is 1. The minimum absolute atomic E-state index is 0.0848. The number of methoxy groups -OCH3 is 1. The molecule has 1 aliphatic heterocycles. The van der Waals surface area contributed by atoms with Crippen molar-refractivity contribution < 1.29 is 14.3 Å². The second-order valence-corrected chi connectivity index (χ2v) is 8.39. The van der Waals surface area contributed by atoms with E-state index >= 15 is 0 Å². The summed E-state index contributed by atoms with van der Waals surface area (Å²) in [6.07, 6.45) is 1.83. The minimum atomic E-state index is -0.0848. The number of ether oxygens (including phenoxy) is 2. The lowest BCUT2D eigenvalue weighted by Crippen LogP contribution is -2.22. The molecule has 1 fully saturated rings. The zero-order valence-electron chi connectivity index (χ0n) is 14.2. The van der Waals surface area contributed by atoms with E-state index < -0.39 is 0 Å². The van der Waals surface area contributed by atoms with Crippen LogP contribution in [0.2, 0.25) is 0 Å². The average Bonchev–Trinajstić information content (AvgIpc) is 2.88. The fourth-order valence-corrected chi connectivity index (χ4v) is 4.35. The first-order chi connectivity index (χ1) is 12.5. The van der Waals surface area contributed by atoms with E-state index in [-0.39, 0.29) is 5.91 Å². The van der Waals surface area contributed by atoms with Crippen molar-refractivity contribution in [2.24, 2.45) is 0 Å². The Morgan fingerprint density at radius 2 is 2.00 bits per heavy atom. The molecule has 1 aliphatic rings. The van der Waals surface area contributed by atoms with Crippen LogP contribution in [0.3, 0.4) is 0 Å². The smallest absolute Gasteiger partial charge is 0.265 e. The molecular weight excluding hydrogens is 481 g/mol. The van der Waals surface area contributed by atoms with Crippen LogP contribution in [0.15, 0.2) is 47.4 Å². The van der Waals surface area contributed by atoms with Crippen LogP contribution >= 0.6 is 46.6 Å². The van der Waals surface area contributed by atoms with Gasteiger partial charge >= 0.3 is 0 Å². The second kappa shape index (κ2) is 8.41. The van der Waals surface area contributed by atoms with Gasteiger partial charge in [-0.05, 0) is 51.9 Å². The summed E-state index contributed by atoms with van der Waals surface area (Å²) in [5.41, 5.74) is 1.95. The molecule has 0 spiro atoms. The van der Waals surface area contributed by atoms with Crippen LogP contribution in [-0.4, -0.2) is 29.3 Å². The van der Waals surface area contributed by atoms with E-state index in [2.05, 4.69) is 22.6 Å². The van der Waals surface area contributed by atoms with Crippen LogP contribution in [0.1, 0.15) is 11.1 Å². The van der Waals surface area contributed by atoms with Crippen molar-refractivity contribution in [2.75, 3.05) is 14.2 Å². The molecule has 0 radical (unpaired) electrons. The van der Waals surface area contributed by atoms with Gasteiger partial charge in [-0.2, -0.15) is 0 Å². The van der Waals surface area contributed by atoms with Crippen LogP contribution in [0.5, 0.6) is 11.5 Å². The first-order valence-corrected chi connectivity index (χ1v) is 10.1. The molecular formula is C19H16INO3S2. The summed E-state index contributed by atoms with van der Waals surface area (Å²) >= 11 is 8.69. The molecule has 1 amide bonds. The number of thioether (sulfide) groups is 1. The summed E-state index contributed by atoms with van der Waals surface area (Å²) in [5, 5.41) is 0. The molecule has 4 nitrogen and oxygen atoms in total. The van der Waals surface area contributed by atoms with Crippen LogP contribution in [0.25, 0.3) is 6.08 Å². The molecule has 1 saturated heterocycles. The maximum atomic E-state index is 12.2. The van der Waals surface area contributed by atoms with Gasteiger partial charge in [0.25, 0.3) is 5.91 Å². The number of amides is 1. The molecule has 2 aromatic carbocycles. The third-order valence-electron chi connectivity index (χ3n) is 3.76. The van der Waals surface area contributed by atoms with Crippen molar-refractivity contribution in [1.82, 2.24) is 4.90 Å². The van der Waals surface area contributed by atoms with Crippen molar-refractivity contribution in [1.29, 1.82) is 0 Å². The second-order valence-electron chi connectivity index (χ2n) is 5.55. The van der Waals surface area contributed by atoms with Crippen LogP contribution in [0, 0.1) is 3.57 Å². The molecule has 0 aliphatic carbocycles. The molecule has 7 heteroatoms. The Labute approximate surface area is 175 Å². The highest BCUT2D eigenvalue weighted by Gasteiger charge is 2.28. The third-order valence-corrected chi connectivity index (χ3v) is 6.05. The van der Waals surface area contributed by atoms with Gasteiger partial charge in [0, 0.05) is 7.05 Å². The summed E-state index contributed by atoms with van der Waals surface area (Å²) in [5.74, 6) is 1.24. The van der Waals surface area contributed by atoms with Gasteiger partial charge in [-0.1, -0.05) is 54.3 Å². The van der Waals surface area contributed by atoms with E-state index in [4.69, 9.17) is 21.7 Å². The van der Waals surface area contributed by atoms with Gasteiger partial charge < -0.3 is 9.47 Å². The van der Waals surface area contributed by atoms with Crippen LogP contribution in [-0.2, 0) is 11.4 Å². The fourth-order valence-electron chi connectivity index (χ4n) is 2.39. The SMILES string of the molecule is COc1cc(/C=C2\SC(=S)N(C)C2=O)cc(I)c1OCc1ccccc1. The quantitative estimate of drug-likeness (QED) is 0.340. The number of rotatable bonds is 5. The Bertz CT molecular complexity index is 884. The van der Waals surface area contributed by atoms with Crippen LogP contribution < -0.4 is 9.47 Å². The van der Waals surface area contributed by atoms with Crippen molar-refractivity contribution in [3.63, 3.8) is 0 Å². The van der Waals surface area contributed by atoms with E-state index in [0.717, 1.165) is 14.7 Å². The zero-order chi connectivity index (χ0) is 18.7. The Balaban J connectivity index is 1.86. The van der Waals surface area contributed by atoms with Gasteiger partial charge in [0.2, 0.25) is 0 Å². The van der Waals surface area contributed by atoms with Crippen molar-refractivity contribution in [3.8, 4) is 11.5 Å². The normalized spacial score (nSPS) is 15.7. The molecule has 0 aromatic heterocycles. The number of nitrogens with zero attached hydrogens (tertiary/aromatic N) is 1. The summed E-state index contributed by atoms with van der Waals surface area (Å²) in [6.45, 7) is 0.459. The maximum Gasteiger partial charge on any atom is 0.265 e. The van der Waals surface area contributed by atoms with Gasteiger partial charge in [0.15, 0.2) is 11.5 Å². The van der Waals surface area contributed by atoms with E-state index in [0.29, 0.717) is 27.3 Å². The average molecular weight is 497 g/mol. The molecule has 0 atom stereocenters. The summed E-state index contributed by atoms with van der Waals surface area (Å²) in [4.78, 5) is 14.3. The third kappa shape index (κ3) is 4.21. The first kappa shape index (κ1) is 19.2. The standard InChI is InChI=1S/C19H16INO3S2/c1-21-18(22)16(26-19(21)25)10-13-8-14(20)17(15(9-13)23-2)24-11-12-6-4-3-5-7-12/h3-10H,11H2,1-2H3/b16-10-. The summed E-state index contributed by atoms with van der Waals surface area (Å²) in [7, 11) is 3.29. The van der Waals surface area contributed by atoms with E-state index in [1.807, 2.05) is 48.5 Å². The molecule has 0 unspecified atom stereocenters. The van der Waals surface area contributed by atoms with E-state index in [1.165, 1.54) is 16.7 Å². The largest absolute Gasteiger partial charge is 0.493 e. The highest BCUT2D eigenvalue weighted by molar-refractivity contribution is 14.1. The van der Waals surface area contributed by atoms with Crippen molar-refractivity contribution >= 4 is 62.9 Å². The molecule has 1 heterocycles. The molecule has 0 saturated carbocycles. The molecule has 3 rings (SSSR count). The predicted molar refractivity (Wildman–Crippen MR) is 117 cm³/mol. The van der Waals surface area contributed by atoms with E-state index in [1.54, 1.807) is 14.2 Å². The van der Waals surface area contributed by atoms with Gasteiger partial charge in [0.1, 0.15) is 10.9 Å². The lowest BCUT2D eigenvalue weighted by molar-refractivity contribution is -0.121. The highest BCUT2D eigenvalue weighted by atomic mass is 127. The minimum Gasteiger partial charge on any atom is -0.493 e. The van der Waals surface area contributed by atoms with Crippen molar-refractivity contribution in [2.45, 2.75) is 6.61 Å². The number of hydrogen-bond donors (Lipinski definition) is 0. The number of hydrogen-bond acceptors (Lipinski definition) is 5. The molecule has 0 N–H and O–H groups in total. The summed E-state index contributed by atoms with van der Waals surface area (Å²) < 4.78 is 12.9. The number of thiocarbonyl (C=S) groups is 1. The highest BCUT2D eigenvalue weighted by Crippen LogP contribution is 2.37. The number of likely N-dealkylation sites (N-methyl/N-ethyl adjacent to an activating group) is 1. The topological polar surface area (TPSA) is 38.8 Å². The number of carbonyl (C=O) groups is 1. The van der Waals surface area contributed by atoms with Gasteiger partial charge in [-0.25, -0.2) is 0 Å². The number of benzene rings is 2. The van der Waals surface area contributed by atoms with E-state index in [9.17, 15) is 4.79 Å². The predicted octanol–water partition coefficient (Wildman–Crippen LogP) is 4.71. The fraction of sp³-hybridized carbons (Fsp3) is 0.158. The Morgan fingerprint density at radius 3 is 2.62 bits per heavy atom. The zero-order valence-corrected chi connectivity index (χ0v) is 18.0. The number of carbonyl (C=O) groups excluding carboxylic acids is 1. The monoisotopic (exact) mass is 497 g/mol. The molecule has 0 bridgehead atoms. The lowest BCUT2D eigenvalue weighted by atomic mass is 10.1. The Morgan fingerprint density at radius 1 is 1.27 bits per heavy atom. The van der Waals surface area contributed by atoms with Crippen LogP contribution in [0.4, 0.5) is 0 Å². The lowest BCUT2D eigenvalue weighted by Gasteiger charge is -2.14. The Kier molecular flexibility index (Phi) is 6.20. The summed E-state index contributed by atoms with van der Waals surface area (Å²) in [6, 6.07) is 13.8. The molecule has 2 aromatic rings. The van der Waals surface area contributed by atoms with Gasteiger partial charge in [-0.3, -0.25) is 9.69 Å². The Hall–Kier alpha value is -1.58.